The van der Waals surface area contributed by atoms with Crippen molar-refractivity contribution in [2.75, 3.05) is 17.6 Å². The number of hydrogen-bond donors (Lipinski definition) is 1. The molecule has 4 nitrogen and oxygen atoms in total. The van der Waals surface area contributed by atoms with E-state index in [0.29, 0.717) is 5.69 Å². The summed E-state index contributed by atoms with van der Waals surface area (Å²) in [6, 6.07) is 5.39. The summed E-state index contributed by atoms with van der Waals surface area (Å²) in [5, 5.41) is 0. The summed E-state index contributed by atoms with van der Waals surface area (Å²) in [5.41, 5.74) is 1.53. The lowest BCUT2D eigenvalue weighted by Gasteiger charge is -2.11. The topological polar surface area (TPSA) is 55.4 Å². The van der Waals surface area contributed by atoms with Crippen LogP contribution in [-0.2, 0) is 10.0 Å². The largest absolute Gasteiger partial charge is 0.493 e. The molecule has 0 bridgehead atoms. The minimum absolute atomic E-state index is 0.578. The molecule has 1 rings (SSSR count). The zero-order chi connectivity index (χ0) is 21.4. The molecule has 0 spiro atoms. The van der Waals surface area contributed by atoms with Gasteiger partial charge in [0.15, 0.2) is 0 Å². The highest BCUT2D eigenvalue weighted by Crippen LogP contribution is 2.23. The summed E-state index contributed by atoms with van der Waals surface area (Å²) in [5.74, 6) is 0.832. The van der Waals surface area contributed by atoms with Crippen LogP contribution in [0.25, 0.3) is 0 Å². The van der Waals surface area contributed by atoms with Crippen molar-refractivity contribution >= 4 is 15.7 Å². The average Bonchev–Trinajstić information content (AvgIpc) is 2.65. The van der Waals surface area contributed by atoms with Gasteiger partial charge in [-0.25, -0.2) is 8.42 Å². The third kappa shape index (κ3) is 14.4. The van der Waals surface area contributed by atoms with Gasteiger partial charge in [0.2, 0.25) is 10.0 Å². The second kappa shape index (κ2) is 15.6. The Kier molecular flexibility index (Phi) is 13.9. The molecule has 0 atom stereocenters. The van der Waals surface area contributed by atoms with Gasteiger partial charge in [-0.05, 0) is 37.1 Å². The van der Waals surface area contributed by atoms with Crippen LogP contribution in [0.3, 0.4) is 0 Å². The second-order valence-corrected chi connectivity index (χ2v) is 10.0. The molecule has 0 amide bonds. The van der Waals surface area contributed by atoms with Crippen LogP contribution in [0.5, 0.6) is 5.75 Å². The van der Waals surface area contributed by atoms with Crippen LogP contribution >= 0.6 is 0 Å². The Hall–Kier alpha value is -1.23. The van der Waals surface area contributed by atoms with E-state index in [0.717, 1.165) is 30.6 Å². The number of hydrogen-bond acceptors (Lipinski definition) is 3. The van der Waals surface area contributed by atoms with Gasteiger partial charge in [-0.3, -0.25) is 4.72 Å². The number of rotatable bonds is 18. The first kappa shape index (κ1) is 25.8. The van der Waals surface area contributed by atoms with E-state index in [1.54, 1.807) is 6.07 Å². The van der Waals surface area contributed by atoms with Crippen LogP contribution in [0.4, 0.5) is 5.69 Å². The molecule has 0 saturated heterocycles. The quantitative estimate of drug-likeness (QED) is 0.252. The molecule has 5 heteroatoms. The average molecular weight is 426 g/mol. The van der Waals surface area contributed by atoms with Crippen LogP contribution in [-0.4, -0.2) is 21.3 Å². The molecule has 168 valence electrons. The van der Waals surface area contributed by atoms with Crippen LogP contribution in [0, 0.1) is 6.92 Å². The lowest BCUT2D eigenvalue weighted by Crippen LogP contribution is -2.09. The van der Waals surface area contributed by atoms with Crippen molar-refractivity contribution in [2.45, 2.75) is 104 Å². The number of ether oxygens (including phenoxy) is 1. The van der Waals surface area contributed by atoms with Crippen molar-refractivity contribution in [1.29, 1.82) is 0 Å². The number of unbranched alkanes of at least 4 members (excludes halogenated alkanes) is 13. The zero-order valence-corrected chi connectivity index (χ0v) is 19.8. The second-order valence-electron chi connectivity index (χ2n) is 8.30. The van der Waals surface area contributed by atoms with Crippen LogP contribution < -0.4 is 9.46 Å². The van der Waals surface area contributed by atoms with E-state index >= 15 is 0 Å². The number of benzene rings is 1. The third-order valence-corrected chi connectivity index (χ3v) is 5.84. The lowest BCUT2D eigenvalue weighted by molar-refractivity contribution is 0.302. The fraction of sp³-hybridized carbons (Fsp3) is 0.750. The van der Waals surface area contributed by atoms with Crippen molar-refractivity contribution in [3.63, 3.8) is 0 Å². The summed E-state index contributed by atoms with van der Waals surface area (Å²) in [4.78, 5) is 0. The molecule has 0 saturated carbocycles. The van der Waals surface area contributed by atoms with Gasteiger partial charge in [0.25, 0.3) is 0 Å². The van der Waals surface area contributed by atoms with E-state index in [4.69, 9.17) is 4.74 Å². The summed E-state index contributed by atoms with van der Waals surface area (Å²) < 4.78 is 30.9. The highest BCUT2D eigenvalue weighted by atomic mass is 32.2. The van der Waals surface area contributed by atoms with Gasteiger partial charge in [0.05, 0.1) is 12.9 Å². The fourth-order valence-corrected chi connectivity index (χ4v) is 4.12. The predicted molar refractivity (Wildman–Crippen MR) is 125 cm³/mol. The van der Waals surface area contributed by atoms with E-state index in [2.05, 4.69) is 11.6 Å². The van der Waals surface area contributed by atoms with E-state index in [1.165, 1.54) is 83.5 Å². The Labute approximate surface area is 179 Å². The van der Waals surface area contributed by atoms with Crippen LogP contribution in [0.15, 0.2) is 18.2 Å². The summed E-state index contributed by atoms with van der Waals surface area (Å²) in [7, 11) is -3.24. The first-order valence-electron chi connectivity index (χ1n) is 11.6. The summed E-state index contributed by atoms with van der Waals surface area (Å²) in [6.07, 6.45) is 20.1. The number of sulfonamides is 1. The van der Waals surface area contributed by atoms with Crippen LogP contribution in [0.2, 0.25) is 0 Å². The van der Waals surface area contributed by atoms with Gasteiger partial charge in [0, 0.05) is 5.69 Å². The van der Waals surface area contributed by atoms with Gasteiger partial charge in [-0.2, -0.15) is 0 Å². The van der Waals surface area contributed by atoms with Gasteiger partial charge in [0.1, 0.15) is 5.75 Å². The van der Waals surface area contributed by atoms with E-state index in [-0.39, 0.29) is 0 Å². The lowest BCUT2D eigenvalue weighted by atomic mass is 10.0. The maximum absolute atomic E-state index is 11.3. The molecule has 1 aromatic rings. The molecule has 0 aliphatic rings. The van der Waals surface area contributed by atoms with Gasteiger partial charge < -0.3 is 4.74 Å². The molecule has 0 aliphatic heterocycles. The number of nitrogens with one attached hydrogen (secondary N) is 1. The Morgan fingerprint density at radius 3 is 1.72 bits per heavy atom. The Balaban J connectivity index is 1.97. The zero-order valence-electron chi connectivity index (χ0n) is 19.0. The molecule has 1 aromatic carbocycles. The number of aryl methyl sites for hydroxylation is 1. The molecule has 1 N–H and O–H groups in total. The third-order valence-electron chi connectivity index (χ3n) is 5.23. The molecular formula is C24H43NO3S. The first-order valence-corrected chi connectivity index (χ1v) is 13.5. The van der Waals surface area contributed by atoms with Gasteiger partial charge in [-0.15, -0.1) is 0 Å². The fourth-order valence-electron chi connectivity index (χ4n) is 3.57. The maximum Gasteiger partial charge on any atom is 0.229 e. The van der Waals surface area contributed by atoms with Crippen molar-refractivity contribution in [3.8, 4) is 5.75 Å². The molecule has 29 heavy (non-hydrogen) atoms. The van der Waals surface area contributed by atoms with E-state index < -0.39 is 10.0 Å². The number of anilines is 1. The maximum atomic E-state index is 11.3. The monoisotopic (exact) mass is 425 g/mol. The van der Waals surface area contributed by atoms with Crippen molar-refractivity contribution in [1.82, 2.24) is 0 Å². The highest BCUT2D eigenvalue weighted by molar-refractivity contribution is 7.92. The smallest absolute Gasteiger partial charge is 0.229 e. The molecule has 0 heterocycles. The van der Waals surface area contributed by atoms with Crippen molar-refractivity contribution < 1.29 is 13.2 Å². The molecular weight excluding hydrogens is 382 g/mol. The molecule has 0 aliphatic carbocycles. The van der Waals surface area contributed by atoms with Crippen molar-refractivity contribution in [2.24, 2.45) is 0 Å². The standard InChI is InChI=1S/C24H43NO3S/c1-4-5-6-7-8-9-10-11-12-13-14-15-16-17-20-28-24-19-18-23(21-22(24)2)25-29(3,26)27/h18-19,21,25H,4-17,20H2,1-3H3. The molecule has 0 aromatic heterocycles. The minimum atomic E-state index is -3.24. The predicted octanol–water partition coefficient (Wildman–Crippen LogP) is 7.23. The van der Waals surface area contributed by atoms with E-state index in [1.807, 2.05) is 19.1 Å². The minimum Gasteiger partial charge on any atom is -0.493 e. The summed E-state index contributed by atoms with van der Waals surface area (Å²) in [6.45, 7) is 4.93. The SMILES string of the molecule is CCCCCCCCCCCCCCCCOc1ccc(NS(C)(=O)=O)cc1C. The molecule has 0 unspecified atom stereocenters. The Morgan fingerprint density at radius 2 is 1.28 bits per heavy atom. The van der Waals surface area contributed by atoms with Gasteiger partial charge >= 0.3 is 0 Å². The van der Waals surface area contributed by atoms with Gasteiger partial charge in [-0.1, -0.05) is 90.4 Å². The van der Waals surface area contributed by atoms with E-state index in [9.17, 15) is 8.42 Å². The van der Waals surface area contributed by atoms with Crippen LogP contribution in [0.1, 0.15) is 102 Å². The Morgan fingerprint density at radius 1 is 0.793 bits per heavy atom. The normalized spacial score (nSPS) is 11.6. The molecule has 0 fully saturated rings. The molecule has 0 radical (unpaired) electrons. The summed E-state index contributed by atoms with van der Waals surface area (Å²) >= 11 is 0. The first-order chi connectivity index (χ1) is 13.9. The Bertz CT molecular complexity index is 644. The van der Waals surface area contributed by atoms with Crippen molar-refractivity contribution in [3.05, 3.63) is 23.8 Å². The highest BCUT2D eigenvalue weighted by Gasteiger charge is 2.05.